The predicted octanol–water partition coefficient (Wildman–Crippen LogP) is 2.76. The van der Waals surface area contributed by atoms with Gasteiger partial charge in [-0.2, -0.15) is 0 Å². The average Bonchev–Trinajstić information content (AvgIpc) is 3.02. The molecule has 7 nitrogen and oxygen atoms in total. The molecule has 1 aromatic carbocycles. The number of carbonyl (C=O) groups excluding carboxylic acids is 2. The van der Waals surface area contributed by atoms with E-state index in [1.165, 1.54) is 7.11 Å². The van der Waals surface area contributed by atoms with Gasteiger partial charge in [0.25, 0.3) is 0 Å². The number of rotatable bonds is 3. The van der Waals surface area contributed by atoms with Gasteiger partial charge in [0.05, 0.1) is 18.4 Å². The second kappa shape index (κ2) is 6.18. The molecule has 2 aromatic heterocycles. The standard InChI is InChI=1S/C16H14N4O3/c1-23-15(21)11-2-4-12(5-3-11)18-16(22)19-13-6-7-14-17-8-9-20(14)10-13/h2-10H,1H3,(H2,18,19,22). The summed E-state index contributed by atoms with van der Waals surface area (Å²) in [4.78, 5) is 27.5. The van der Waals surface area contributed by atoms with Gasteiger partial charge < -0.3 is 19.8 Å². The largest absolute Gasteiger partial charge is 0.465 e. The fraction of sp³-hybridized carbons (Fsp3) is 0.0625. The third kappa shape index (κ3) is 3.29. The summed E-state index contributed by atoms with van der Waals surface area (Å²) in [5, 5.41) is 5.42. The summed E-state index contributed by atoms with van der Waals surface area (Å²) in [6.07, 6.45) is 5.24. The van der Waals surface area contributed by atoms with Gasteiger partial charge in [-0.25, -0.2) is 14.6 Å². The molecule has 0 unspecified atom stereocenters. The molecular weight excluding hydrogens is 296 g/mol. The maximum absolute atomic E-state index is 12.0. The first kappa shape index (κ1) is 14.6. The number of esters is 1. The normalized spacial score (nSPS) is 10.3. The number of hydrogen-bond acceptors (Lipinski definition) is 4. The molecule has 0 fully saturated rings. The molecule has 0 spiro atoms. The Labute approximate surface area is 131 Å². The van der Waals surface area contributed by atoms with Crippen LogP contribution in [0.1, 0.15) is 10.4 Å². The van der Waals surface area contributed by atoms with Crippen molar-refractivity contribution in [2.24, 2.45) is 0 Å². The van der Waals surface area contributed by atoms with Crippen LogP contribution in [-0.4, -0.2) is 28.5 Å². The lowest BCUT2D eigenvalue weighted by Gasteiger charge is -2.08. The Bertz CT molecular complexity index is 855. The van der Waals surface area contributed by atoms with Crippen molar-refractivity contribution >= 4 is 29.0 Å². The summed E-state index contributed by atoms with van der Waals surface area (Å²) in [6, 6.07) is 9.62. The van der Waals surface area contributed by atoms with Crippen LogP contribution in [0.5, 0.6) is 0 Å². The molecule has 0 bridgehead atoms. The highest BCUT2D eigenvalue weighted by Gasteiger charge is 2.07. The minimum absolute atomic E-state index is 0.379. The Hall–Kier alpha value is -3.35. The van der Waals surface area contributed by atoms with Gasteiger partial charge in [-0.3, -0.25) is 0 Å². The monoisotopic (exact) mass is 310 g/mol. The molecule has 2 amide bonds. The van der Waals surface area contributed by atoms with Crippen LogP contribution in [0, 0.1) is 0 Å². The molecule has 0 aliphatic heterocycles. The topological polar surface area (TPSA) is 84.7 Å². The summed E-state index contributed by atoms with van der Waals surface area (Å²) < 4.78 is 6.42. The van der Waals surface area contributed by atoms with Crippen molar-refractivity contribution in [3.63, 3.8) is 0 Å². The maximum atomic E-state index is 12.0. The number of nitrogens with zero attached hydrogens (tertiary/aromatic N) is 2. The zero-order valence-corrected chi connectivity index (χ0v) is 12.3. The number of benzene rings is 1. The fourth-order valence-corrected chi connectivity index (χ4v) is 2.09. The number of carbonyl (C=O) groups is 2. The Morgan fingerprint density at radius 2 is 1.74 bits per heavy atom. The molecule has 23 heavy (non-hydrogen) atoms. The van der Waals surface area contributed by atoms with Crippen molar-refractivity contribution in [2.75, 3.05) is 17.7 Å². The summed E-state index contributed by atoms with van der Waals surface area (Å²) >= 11 is 0. The number of ether oxygens (including phenoxy) is 1. The highest BCUT2D eigenvalue weighted by Crippen LogP contribution is 2.13. The Morgan fingerprint density at radius 3 is 2.48 bits per heavy atom. The molecule has 7 heteroatoms. The van der Waals surface area contributed by atoms with Crippen molar-refractivity contribution < 1.29 is 14.3 Å². The van der Waals surface area contributed by atoms with Crippen LogP contribution in [0.4, 0.5) is 16.2 Å². The van der Waals surface area contributed by atoms with Gasteiger partial charge in [0.15, 0.2) is 0 Å². The number of pyridine rings is 1. The Morgan fingerprint density at radius 1 is 1.04 bits per heavy atom. The average molecular weight is 310 g/mol. The van der Waals surface area contributed by atoms with Crippen LogP contribution in [0.3, 0.4) is 0 Å². The minimum Gasteiger partial charge on any atom is -0.465 e. The summed E-state index contributed by atoms with van der Waals surface area (Å²) in [7, 11) is 1.32. The Balaban J connectivity index is 1.65. The van der Waals surface area contributed by atoms with Crippen LogP contribution in [0.25, 0.3) is 5.65 Å². The number of hydrogen-bond donors (Lipinski definition) is 2. The number of imidazole rings is 1. The van der Waals surface area contributed by atoms with Crippen molar-refractivity contribution in [1.82, 2.24) is 9.38 Å². The van der Waals surface area contributed by atoms with E-state index in [1.807, 2.05) is 0 Å². The van der Waals surface area contributed by atoms with Gasteiger partial charge in [-0.15, -0.1) is 0 Å². The molecule has 3 aromatic rings. The summed E-state index contributed by atoms with van der Waals surface area (Å²) in [5.41, 5.74) is 2.43. The molecule has 2 heterocycles. The van der Waals surface area contributed by atoms with Crippen LogP contribution in [-0.2, 0) is 4.74 Å². The van der Waals surface area contributed by atoms with Gasteiger partial charge in [0.2, 0.25) is 0 Å². The number of aromatic nitrogens is 2. The highest BCUT2D eigenvalue weighted by molar-refractivity contribution is 6.00. The number of nitrogens with one attached hydrogen (secondary N) is 2. The summed E-state index contributed by atoms with van der Waals surface area (Å²) in [6.45, 7) is 0. The van der Waals surface area contributed by atoms with Crippen LogP contribution in [0.2, 0.25) is 0 Å². The van der Waals surface area contributed by atoms with E-state index >= 15 is 0 Å². The molecule has 2 N–H and O–H groups in total. The third-order valence-corrected chi connectivity index (χ3v) is 3.21. The first-order valence-corrected chi connectivity index (χ1v) is 6.85. The van der Waals surface area contributed by atoms with Crippen LogP contribution >= 0.6 is 0 Å². The lowest BCUT2D eigenvalue weighted by atomic mass is 10.2. The first-order valence-electron chi connectivity index (χ1n) is 6.85. The predicted molar refractivity (Wildman–Crippen MR) is 85.6 cm³/mol. The minimum atomic E-state index is -0.422. The molecule has 0 saturated heterocycles. The zero-order valence-electron chi connectivity index (χ0n) is 12.3. The van der Waals surface area contributed by atoms with E-state index in [4.69, 9.17) is 0 Å². The molecule has 0 saturated carbocycles. The van der Waals surface area contributed by atoms with Crippen LogP contribution < -0.4 is 10.6 Å². The molecule has 116 valence electrons. The molecule has 0 atom stereocenters. The van der Waals surface area contributed by atoms with Crippen molar-refractivity contribution in [2.45, 2.75) is 0 Å². The molecular formula is C16H14N4O3. The lowest BCUT2D eigenvalue weighted by molar-refractivity contribution is 0.0601. The fourth-order valence-electron chi connectivity index (χ4n) is 2.09. The Kier molecular flexibility index (Phi) is 3.92. The van der Waals surface area contributed by atoms with E-state index in [2.05, 4.69) is 20.4 Å². The van der Waals surface area contributed by atoms with Crippen molar-refractivity contribution in [3.8, 4) is 0 Å². The quantitative estimate of drug-likeness (QED) is 0.728. The third-order valence-electron chi connectivity index (χ3n) is 3.21. The van der Waals surface area contributed by atoms with Gasteiger partial charge >= 0.3 is 12.0 Å². The van der Waals surface area contributed by atoms with E-state index in [-0.39, 0.29) is 6.03 Å². The van der Waals surface area contributed by atoms with E-state index in [1.54, 1.807) is 59.4 Å². The first-order chi connectivity index (χ1) is 11.2. The SMILES string of the molecule is COC(=O)c1ccc(NC(=O)Nc2ccc3nccn3c2)cc1. The van der Waals surface area contributed by atoms with E-state index < -0.39 is 5.97 Å². The number of methoxy groups -OCH3 is 1. The zero-order chi connectivity index (χ0) is 16.2. The number of anilines is 2. The van der Waals surface area contributed by atoms with Crippen molar-refractivity contribution in [3.05, 3.63) is 60.6 Å². The van der Waals surface area contributed by atoms with E-state index in [0.29, 0.717) is 16.9 Å². The van der Waals surface area contributed by atoms with Gasteiger partial charge in [-0.05, 0) is 36.4 Å². The van der Waals surface area contributed by atoms with Crippen molar-refractivity contribution in [1.29, 1.82) is 0 Å². The molecule has 0 radical (unpaired) electrons. The summed E-state index contributed by atoms with van der Waals surface area (Å²) in [5.74, 6) is -0.422. The number of urea groups is 1. The lowest BCUT2D eigenvalue weighted by Crippen LogP contribution is -2.19. The molecule has 0 aliphatic rings. The second-order valence-corrected chi connectivity index (χ2v) is 4.76. The molecule has 0 aliphatic carbocycles. The van der Waals surface area contributed by atoms with Gasteiger partial charge in [0, 0.05) is 24.3 Å². The smallest absolute Gasteiger partial charge is 0.337 e. The van der Waals surface area contributed by atoms with Crippen LogP contribution in [0.15, 0.2) is 55.0 Å². The maximum Gasteiger partial charge on any atom is 0.337 e. The number of amides is 2. The van der Waals surface area contributed by atoms with Gasteiger partial charge in [0.1, 0.15) is 5.65 Å². The number of fused-ring (bicyclic) bond motifs is 1. The molecule has 3 rings (SSSR count). The van der Waals surface area contributed by atoms with Gasteiger partial charge in [-0.1, -0.05) is 0 Å². The highest BCUT2D eigenvalue weighted by atomic mass is 16.5. The second-order valence-electron chi connectivity index (χ2n) is 4.76. The van der Waals surface area contributed by atoms with E-state index in [9.17, 15) is 9.59 Å². The van der Waals surface area contributed by atoms with E-state index in [0.717, 1.165) is 5.65 Å².